The number of hydrogen-bond donors (Lipinski definition) is 2. The van der Waals surface area contributed by atoms with Gasteiger partial charge in [0.25, 0.3) is 0 Å². The predicted octanol–water partition coefficient (Wildman–Crippen LogP) is -0.920. The summed E-state index contributed by atoms with van der Waals surface area (Å²) >= 11 is 0. The molecular weight excluding hydrogens is 112 g/mol. The maximum Gasteiger partial charge on any atom is 0.329 e. The molecule has 0 saturated carbocycles. The molecular formula is C4H8O4. The van der Waals surface area contributed by atoms with Crippen molar-refractivity contribution in [3.05, 3.63) is 0 Å². The van der Waals surface area contributed by atoms with E-state index in [0.717, 1.165) is 0 Å². The first-order valence-corrected chi connectivity index (χ1v) is 1.56. The molecule has 8 heavy (non-hydrogen) atoms. The van der Waals surface area contributed by atoms with Gasteiger partial charge < -0.3 is 14.9 Å². The van der Waals surface area contributed by atoms with E-state index in [-0.39, 0.29) is 0 Å². The normalized spacial score (nSPS) is 25.6. The van der Waals surface area contributed by atoms with Crippen molar-refractivity contribution in [3.63, 3.8) is 0 Å². The second kappa shape index (κ2) is 4.55. The highest BCUT2D eigenvalue weighted by Gasteiger charge is 1.92. The molecule has 0 heterocycles. The number of rotatable bonds is 4. The van der Waals surface area contributed by atoms with Crippen molar-refractivity contribution >= 4 is 5.97 Å². The van der Waals surface area contributed by atoms with E-state index in [1.807, 2.05) is 0 Å². The lowest BCUT2D eigenvalue weighted by Gasteiger charge is -1.93. The predicted molar refractivity (Wildman–Crippen MR) is 25.5 cm³/mol. The number of ether oxygens (including phenoxy) is 1. The molecule has 4 heteroatoms. The van der Waals surface area contributed by atoms with Crippen LogP contribution >= 0.6 is 0 Å². The fourth-order valence-corrected chi connectivity index (χ4v) is 0.0920. The molecule has 48 valence electrons. The third kappa shape index (κ3) is 5.39. The summed E-state index contributed by atoms with van der Waals surface area (Å²) in [6, 6.07) is 0. The van der Waals surface area contributed by atoms with E-state index in [9.17, 15) is 4.79 Å². The Labute approximate surface area is 55.1 Å². The van der Waals surface area contributed by atoms with Gasteiger partial charge in [-0.1, -0.05) is 0 Å². The van der Waals surface area contributed by atoms with Crippen molar-refractivity contribution < 1.29 is 28.0 Å². The largest absolute Gasteiger partial charge is 0.480 e. The van der Waals surface area contributed by atoms with Gasteiger partial charge >= 0.3 is 5.97 Å². The summed E-state index contributed by atoms with van der Waals surface area (Å²) in [5.41, 5.74) is 0. The number of carbonyl (C=O) groups is 1. The topological polar surface area (TPSA) is 66.8 Å². The van der Waals surface area contributed by atoms with Gasteiger partial charge in [0, 0.05) is 0 Å². The molecule has 0 aliphatic rings. The van der Waals surface area contributed by atoms with Crippen LogP contribution in [0.25, 0.3) is 0 Å². The van der Waals surface area contributed by atoms with Crippen LogP contribution in [0.3, 0.4) is 0 Å². The zero-order chi connectivity index (χ0) is 11.8. The standard InChI is InChI=1S/C4H8O4/c5-1-2-8-3-4(6)7/h5H,1-3H2,(H,6,7)/i1D2,2D2,3D2. The highest BCUT2D eigenvalue weighted by molar-refractivity contribution is 5.67. The van der Waals surface area contributed by atoms with Crippen molar-refractivity contribution in [1.29, 1.82) is 0 Å². The van der Waals surface area contributed by atoms with Gasteiger partial charge in [-0.25, -0.2) is 4.79 Å². The van der Waals surface area contributed by atoms with Crippen molar-refractivity contribution in [2.45, 2.75) is 0 Å². The lowest BCUT2D eigenvalue weighted by Crippen LogP contribution is -2.09. The van der Waals surface area contributed by atoms with E-state index in [1.54, 1.807) is 0 Å². The lowest BCUT2D eigenvalue weighted by atomic mass is 10.7. The molecule has 2 N–H and O–H groups in total. The fraction of sp³-hybridized carbons (Fsp3) is 0.750. The Morgan fingerprint density at radius 2 is 2.50 bits per heavy atom. The molecule has 0 saturated heterocycles. The van der Waals surface area contributed by atoms with Crippen LogP contribution < -0.4 is 0 Å². The smallest absolute Gasteiger partial charge is 0.329 e. The first kappa shape index (κ1) is 1.97. The third-order valence-corrected chi connectivity index (χ3v) is 0.235. The summed E-state index contributed by atoms with van der Waals surface area (Å²) in [5.74, 6) is -2.12. The van der Waals surface area contributed by atoms with Crippen LogP contribution in [0.1, 0.15) is 8.22 Å². The van der Waals surface area contributed by atoms with Crippen LogP contribution in [0.4, 0.5) is 0 Å². The molecule has 0 spiro atoms. The molecule has 0 rings (SSSR count). The summed E-state index contributed by atoms with van der Waals surface area (Å²) in [5, 5.41) is 16.8. The van der Waals surface area contributed by atoms with Gasteiger partial charge in [0.2, 0.25) is 0 Å². The van der Waals surface area contributed by atoms with Crippen LogP contribution in [0.5, 0.6) is 0 Å². The van der Waals surface area contributed by atoms with E-state index in [2.05, 4.69) is 4.74 Å². The van der Waals surface area contributed by atoms with E-state index >= 15 is 0 Å². The summed E-state index contributed by atoms with van der Waals surface area (Å²) in [4.78, 5) is 10.2. The SMILES string of the molecule is [2H]C([2H])(OC([2H])([2H])C([2H])([2H])O)C(=O)O. The van der Waals surface area contributed by atoms with Crippen molar-refractivity contribution in [2.75, 3.05) is 19.7 Å². The van der Waals surface area contributed by atoms with Crippen molar-refractivity contribution in [1.82, 2.24) is 0 Å². The maximum atomic E-state index is 10.2. The zero-order valence-corrected chi connectivity index (χ0v) is 3.71. The molecule has 0 aromatic heterocycles. The molecule has 0 unspecified atom stereocenters. The number of aliphatic hydroxyl groups is 1. The number of hydrogen-bond acceptors (Lipinski definition) is 3. The molecule has 0 bridgehead atoms. The Bertz CT molecular complexity index is 232. The molecule has 0 aliphatic heterocycles. The quantitative estimate of drug-likeness (QED) is 0.511. The van der Waals surface area contributed by atoms with E-state index < -0.39 is 25.6 Å². The molecule has 0 fully saturated rings. The molecule has 0 radical (unpaired) electrons. The van der Waals surface area contributed by atoms with Crippen LogP contribution in [-0.2, 0) is 9.53 Å². The molecule has 0 atom stereocenters. The highest BCUT2D eigenvalue weighted by Crippen LogP contribution is 1.70. The van der Waals surface area contributed by atoms with Gasteiger partial charge in [0.1, 0.15) is 6.56 Å². The number of carboxylic acid groups (broad SMARTS) is 1. The molecule has 0 aromatic rings. The average molecular weight is 126 g/mol. The third-order valence-electron chi connectivity index (χ3n) is 0.235. The summed E-state index contributed by atoms with van der Waals surface area (Å²) in [7, 11) is 0. The lowest BCUT2D eigenvalue weighted by molar-refractivity contribution is -0.142. The first-order valence-electron chi connectivity index (χ1n) is 4.56. The van der Waals surface area contributed by atoms with Gasteiger partial charge in [0.05, 0.1) is 21.3 Å². The van der Waals surface area contributed by atoms with E-state index in [0.29, 0.717) is 0 Å². The Morgan fingerprint density at radius 3 is 2.88 bits per heavy atom. The minimum absolute atomic E-state index is 2.12. The Hall–Kier alpha value is -0.610. The minimum atomic E-state index is -3.50. The molecule has 0 aliphatic carbocycles. The van der Waals surface area contributed by atoms with Gasteiger partial charge in [-0.2, -0.15) is 0 Å². The zero-order valence-electron chi connectivity index (χ0n) is 9.71. The van der Waals surface area contributed by atoms with E-state index in [4.69, 9.17) is 18.4 Å². The summed E-state index contributed by atoms with van der Waals surface area (Å²) in [6.07, 6.45) is 0. The van der Waals surface area contributed by atoms with Gasteiger partial charge in [-0.05, 0) is 0 Å². The van der Waals surface area contributed by atoms with Crippen molar-refractivity contribution in [3.8, 4) is 0 Å². The van der Waals surface area contributed by atoms with Crippen molar-refractivity contribution in [2.24, 2.45) is 0 Å². The maximum absolute atomic E-state index is 10.2. The second-order valence-corrected chi connectivity index (χ2v) is 0.723. The number of aliphatic carboxylic acids is 1. The number of carboxylic acids is 1. The molecule has 0 aromatic carbocycles. The fourth-order valence-electron chi connectivity index (χ4n) is 0.0920. The average Bonchev–Trinajstić information content (AvgIpc) is 1.80. The Morgan fingerprint density at radius 1 is 1.88 bits per heavy atom. The summed E-state index contributed by atoms with van der Waals surface area (Å²) in [6.45, 7) is -10.4. The van der Waals surface area contributed by atoms with Crippen LogP contribution in [0.2, 0.25) is 0 Å². The Kier molecular flexibility index (Phi) is 1.12. The highest BCUT2D eigenvalue weighted by atomic mass is 16.5. The summed E-state index contributed by atoms with van der Waals surface area (Å²) < 4.78 is 43.5. The van der Waals surface area contributed by atoms with Gasteiger partial charge in [0.15, 0.2) is 0 Å². The van der Waals surface area contributed by atoms with Gasteiger partial charge in [-0.3, -0.25) is 0 Å². The Balaban J connectivity index is 4.76. The molecule has 0 amide bonds. The second-order valence-electron chi connectivity index (χ2n) is 0.723. The van der Waals surface area contributed by atoms with Crippen LogP contribution in [0, 0.1) is 0 Å². The van der Waals surface area contributed by atoms with Crippen LogP contribution in [0.15, 0.2) is 0 Å². The van der Waals surface area contributed by atoms with Crippen LogP contribution in [-0.4, -0.2) is 35.9 Å². The van der Waals surface area contributed by atoms with Gasteiger partial charge in [-0.15, -0.1) is 0 Å². The minimum Gasteiger partial charge on any atom is -0.480 e. The van der Waals surface area contributed by atoms with E-state index in [1.165, 1.54) is 0 Å². The molecule has 4 nitrogen and oxygen atoms in total. The monoisotopic (exact) mass is 126 g/mol. The first-order chi connectivity index (χ1) is 5.90.